The van der Waals surface area contributed by atoms with Crippen molar-refractivity contribution in [3.63, 3.8) is 0 Å². The first-order valence-corrected chi connectivity index (χ1v) is 6.42. The molecule has 0 saturated carbocycles. The highest BCUT2D eigenvalue weighted by Gasteiger charge is 2.07. The SMILES string of the molecule is COc1cc(O)c(C=NNc2nc(N)cs2)c(Cl)c1. The summed E-state index contributed by atoms with van der Waals surface area (Å²) in [7, 11) is 1.49. The highest BCUT2D eigenvalue weighted by Crippen LogP contribution is 2.30. The highest BCUT2D eigenvalue weighted by molar-refractivity contribution is 7.14. The molecule has 0 aliphatic rings. The fraction of sp³-hybridized carbons (Fsp3) is 0.0909. The lowest BCUT2D eigenvalue weighted by molar-refractivity contribution is 0.407. The lowest BCUT2D eigenvalue weighted by Gasteiger charge is -2.05. The minimum atomic E-state index is -0.0199. The number of hydrogen-bond donors (Lipinski definition) is 3. The van der Waals surface area contributed by atoms with Crippen LogP contribution in [0.1, 0.15) is 5.56 Å². The number of methoxy groups -OCH3 is 1. The molecule has 0 atom stereocenters. The van der Waals surface area contributed by atoms with E-state index in [4.69, 9.17) is 22.1 Å². The Kier molecular flexibility index (Phi) is 4.08. The molecule has 1 heterocycles. The van der Waals surface area contributed by atoms with Crippen LogP contribution in [0.5, 0.6) is 11.5 Å². The van der Waals surface area contributed by atoms with Gasteiger partial charge >= 0.3 is 0 Å². The molecule has 0 aliphatic carbocycles. The van der Waals surface area contributed by atoms with Crippen LogP contribution < -0.4 is 15.9 Å². The van der Waals surface area contributed by atoms with Gasteiger partial charge in [-0.15, -0.1) is 11.3 Å². The van der Waals surface area contributed by atoms with E-state index in [1.54, 1.807) is 11.4 Å². The summed E-state index contributed by atoms with van der Waals surface area (Å²) < 4.78 is 4.98. The van der Waals surface area contributed by atoms with E-state index in [0.29, 0.717) is 27.3 Å². The summed E-state index contributed by atoms with van der Waals surface area (Å²) >= 11 is 7.33. The maximum absolute atomic E-state index is 9.79. The predicted molar refractivity (Wildman–Crippen MR) is 77.4 cm³/mol. The summed E-state index contributed by atoms with van der Waals surface area (Å²) in [5, 5.41) is 16.3. The molecule has 1 aromatic heterocycles. The van der Waals surface area contributed by atoms with Gasteiger partial charge in [0.05, 0.1) is 23.9 Å². The smallest absolute Gasteiger partial charge is 0.205 e. The standard InChI is InChI=1S/C11H11ClN4O2S/c1-18-6-2-8(12)7(9(17)3-6)4-14-16-11-15-10(13)5-19-11/h2-5,17H,13H2,1H3,(H,15,16). The molecule has 6 nitrogen and oxygen atoms in total. The van der Waals surface area contributed by atoms with Crippen LogP contribution in [-0.4, -0.2) is 23.4 Å². The van der Waals surface area contributed by atoms with Crippen molar-refractivity contribution in [3.8, 4) is 11.5 Å². The molecule has 0 bridgehead atoms. The average molecular weight is 299 g/mol. The van der Waals surface area contributed by atoms with Crippen LogP contribution in [-0.2, 0) is 0 Å². The van der Waals surface area contributed by atoms with E-state index < -0.39 is 0 Å². The second-order valence-electron chi connectivity index (χ2n) is 3.49. The molecular formula is C11H11ClN4O2S. The summed E-state index contributed by atoms with van der Waals surface area (Å²) in [4.78, 5) is 3.97. The zero-order valence-electron chi connectivity index (χ0n) is 9.92. The van der Waals surface area contributed by atoms with Gasteiger partial charge in [0, 0.05) is 11.4 Å². The number of aromatic nitrogens is 1. The molecule has 4 N–H and O–H groups in total. The first kappa shape index (κ1) is 13.4. The molecule has 2 aromatic rings. The van der Waals surface area contributed by atoms with Crippen LogP contribution in [0.15, 0.2) is 22.6 Å². The van der Waals surface area contributed by atoms with E-state index >= 15 is 0 Å². The highest BCUT2D eigenvalue weighted by atomic mass is 35.5. The fourth-order valence-corrected chi connectivity index (χ4v) is 2.12. The second-order valence-corrected chi connectivity index (χ2v) is 4.75. The molecular weight excluding hydrogens is 288 g/mol. The number of phenols is 1. The van der Waals surface area contributed by atoms with Crippen molar-refractivity contribution in [2.75, 3.05) is 18.3 Å². The Labute approximate surface area is 118 Å². The summed E-state index contributed by atoms with van der Waals surface area (Å²) in [6.07, 6.45) is 1.40. The van der Waals surface area contributed by atoms with Gasteiger partial charge in [0.15, 0.2) is 0 Å². The topological polar surface area (TPSA) is 92.8 Å². The molecule has 0 saturated heterocycles. The molecule has 8 heteroatoms. The number of thiazole rings is 1. The van der Waals surface area contributed by atoms with Crippen molar-refractivity contribution < 1.29 is 9.84 Å². The number of nitrogens with one attached hydrogen (secondary N) is 1. The van der Waals surface area contributed by atoms with Crippen LogP contribution in [0.25, 0.3) is 0 Å². The first-order chi connectivity index (χ1) is 9.10. The first-order valence-electron chi connectivity index (χ1n) is 5.16. The van der Waals surface area contributed by atoms with Gasteiger partial charge in [-0.2, -0.15) is 5.10 Å². The Bertz CT molecular complexity index is 591. The van der Waals surface area contributed by atoms with Crippen molar-refractivity contribution in [2.24, 2.45) is 5.10 Å². The van der Waals surface area contributed by atoms with Gasteiger partial charge in [-0.1, -0.05) is 11.6 Å². The number of nitrogens with two attached hydrogens (primary N) is 1. The Morgan fingerprint density at radius 1 is 1.58 bits per heavy atom. The van der Waals surface area contributed by atoms with Crippen LogP contribution in [0.4, 0.5) is 10.9 Å². The third kappa shape index (κ3) is 3.27. The van der Waals surface area contributed by atoms with Gasteiger partial charge in [0.25, 0.3) is 0 Å². The lowest BCUT2D eigenvalue weighted by Crippen LogP contribution is -1.93. The number of nitrogens with zero attached hydrogens (tertiary/aromatic N) is 2. The maximum atomic E-state index is 9.79. The molecule has 0 fully saturated rings. The molecule has 0 spiro atoms. The van der Waals surface area contributed by atoms with Crippen molar-refractivity contribution in [3.05, 3.63) is 28.1 Å². The minimum Gasteiger partial charge on any atom is -0.507 e. The van der Waals surface area contributed by atoms with E-state index in [0.717, 1.165) is 0 Å². The largest absolute Gasteiger partial charge is 0.507 e. The van der Waals surface area contributed by atoms with Crippen LogP contribution in [0.2, 0.25) is 5.02 Å². The van der Waals surface area contributed by atoms with E-state index in [1.807, 2.05) is 0 Å². The quantitative estimate of drug-likeness (QED) is 0.596. The number of hydrazone groups is 1. The van der Waals surface area contributed by atoms with Gasteiger partial charge in [-0.05, 0) is 6.07 Å². The zero-order valence-corrected chi connectivity index (χ0v) is 11.5. The van der Waals surface area contributed by atoms with E-state index in [-0.39, 0.29) is 5.75 Å². The van der Waals surface area contributed by atoms with E-state index in [9.17, 15) is 5.11 Å². The summed E-state index contributed by atoms with van der Waals surface area (Å²) in [5.74, 6) is 0.877. The maximum Gasteiger partial charge on any atom is 0.205 e. The number of ether oxygens (including phenoxy) is 1. The number of benzene rings is 1. The Balaban J connectivity index is 2.14. The van der Waals surface area contributed by atoms with Gasteiger partial charge in [0.1, 0.15) is 17.3 Å². The molecule has 19 heavy (non-hydrogen) atoms. The van der Waals surface area contributed by atoms with E-state index in [2.05, 4.69) is 15.5 Å². The number of halogens is 1. The average Bonchev–Trinajstić information content (AvgIpc) is 2.78. The number of aromatic hydroxyl groups is 1. The van der Waals surface area contributed by atoms with Crippen molar-refractivity contribution >= 4 is 40.1 Å². The molecule has 0 unspecified atom stereocenters. The molecule has 0 amide bonds. The summed E-state index contributed by atoms with van der Waals surface area (Å²) in [6.45, 7) is 0. The minimum absolute atomic E-state index is 0.0199. The molecule has 1 aromatic carbocycles. The number of nitrogen functional groups attached to an aromatic ring is 1. The fourth-order valence-electron chi connectivity index (χ4n) is 1.31. The van der Waals surface area contributed by atoms with Gasteiger partial charge in [-0.3, -0.25) is 5.43 Å². The number of hydrogen-bond acceptors (Lipinski definition) is 7. The molecule has 0 aliphatic heterocycles. The Morgan fingerprint density at radius 2 is 2.37 bits per heavy atom. The number of anilines is 2. The molecule has 100 valence electrons. The third-order valence-corrected chi connectivity index (χ3v) is 3.27. The summed E-state index contributed by atoms with van der Waals surface area (Å²) in [6, 6.07) is 3.04. The van der Waals surface area contributed by atoms with Gasteiger partial charge in [-0.25, -0.2) is 4.98 Å². The van der Waals surface area contributed by atoms with Crippen molar-refractivity contribution in [1.82, 2.24) is 4.98 Å². The summed E-state index contributed by atoms with van der Waals surface area (Å²) in [5.41, 5.74) is 8.56. The number of phenolic OH excluding ortho intramolecular Hbond substituents is 1. The van der Waals surface area contributed by atoms with Crippen LogP contribution in [0.3, 0.4) is 0 Å². The molecule has 0 radical (unpaired) electrons. The Hall–Kier alpha value is -1.99. The van der Waals surface area contributed by atoms with Crippen LogP contribution >= 0.6 is 22.9 Å². The Morgan fingerprint density at radius 3 is 2.95 bits per heavy atom. The zero-order chi connectivity index (χ0) is 13.8. The van der Waals surface area contributed by atoms with Gasteiger partial charge < -0.3 is 15.6 Å². The number of rotatable bonds is 4. The van der Waals surface area contributed by atoms with Crippen molar-refractivity contribution in [2.45, 2.75) is 0 Å². The monoisotopic (exact) mass is 298 g/mol. The van der Waals surface area contributed by atoms with Crippen molar-refractivity contribution in [1.29, 1.82) is 0 Å². The normalized spacial score (nSPS) is 10.8. The van der Waals surface area contributed by atoms with E-state index in [1.165, 1.54) is 30.7 Å². The second kappa shape index (κ2) is 5.77. The molecule has 2 rings (SSSR count). The van der Waals surface area contributed by atoms with Crippen LogP contribution in [0, 0.1) is 0 Å². The van der Waals surface area contributed by atoms with Gasteiger partial charge in [0.2, 0.25) is 5.13 Å². The lowest BCUT2D eigenvalue weighted by atomic mass is 10.2. The third-order valence-electron chi connectivity index (χ3n) is 2.19. The predicted octanol–water partition coefficient (Wildman–Crippen LogP) is 2.54.